The second-order valence-corrected chi connectivity index (χ2v) is 6.40. The van der Waals surface area contributed by atoms with Crippen LogP contribution in [-0.4, -0.2) is 21.4 Å². The van der Waals surface area contributed by atoms with E-state index in [1.54, 1.807) is 26.0 Å². The summed E-state index contributed by atoms with van der Waals surface area (Å²) in [6.45, 7) is 3.35. The van der Waals surface area contributed by atoms with Gasteiger partial charge in [0.05, 0.1) is 16.7 Å². The van der Waals surface area contributed by atoms with Gasteiger partial charge in [-0.25, -0.2) is 4.39 Å². The van der Waals surface area contributed by atoms with Gasteiger partial charge in [-0.2, -0.15) is 5.26 Å². The molecule has 0 aliphatic carbocycles. The maximum Gasteiger partial charge on any atom is 0.247 e. The van der Waals surface area contributed by atoms with Crippen LogP contribution in [0.5, 0.6) is 0 Å². The molecular weight excluding hydrogens is 371 g/mol. The average molecular weight is 387 g/mol. The topological polar surface area (TPSA) is 95.0 Å². The summed E-state index contributed by atoms with van der Waals surface area (Å²) in [7, 11) is 0. The van der Waals surface area contributed by atoms with Gasteiger partial charge in [0.1, 0.15) is 17.9 Å². The Balaban J connectivity index is 1.90. The van der Waals surface area contributed by atoms with Gasteiger partial charge in [0.2, 0.25) is 11.8 Å². The third-order valence-corrected chi connectivity index (χ3v) is 4.59. The molecule has 0 saturated heterocycles. The van der Waals surface area contributed by atoms with E-state index in [1.165, 1.54) is 24.3 Å². The Morgan fingerprint density at radius 2 is 1.93 bits per heavy atom. The minimum Gasteiger partial charge on any atom is -0.418 e. The number of anilines is 1. The van der Waals surface area contributed by atoms with Crippen molar-refractivity contribution in [2.45, 2.75) is 26.0 Å². The van der Waals surface area contributed by atoms with Crippen molar-refractivity contribution in [1.29, 1.82) is 5.26 Å². The summed E-state index contributed by atoms with van der Waals surface area (Å²) in [5.41, 5.74) is 2.23. The summed E-state index contributed by atoms with van der Waals surface area (Å²) in [6.07, 6.45) is -0.861. The van der Waals surface area contributed by atoms with E-state index in [9.17, 15) is 9.50 Å². The van der Waals surface area contributed by atoms with E-state index in [-0.39, 0.29) is 17.6 Å². The van der Waals surface area contributed by atoms with E-state index in [0.29, 0.717) is 27.4 Å². The third-order valence-electron chi connectivity index (χ3n) is 4.10. The second kappa shape index (κ2) is 7.74. The number of aliphatic hydroxyl groups is 1. The van der Waals surface area contributed by atoms with Crippen molar-refractivity contribution in [3.8, 4) is 17.5 Å². The van der Waals surface area contributed by atoms with Crippen LogP contribution >= 0.6 is 11.6 Å². The van der Waals surface area contributed by atoms with Gasteiger partial charge in [-0.15, -0.1) is 10.2 Å². The van der Waals surface area contributed by atoms with Crippen LogP contribution in [-0.2, 0) is 0 Å². The fourth-order valence-corrected chi connectivity index (χ4v) is 2.76. The number of aliphatic hydroxyl groups excluding tert-OH is 1. The Morgan fingerprint density at radius 1 is 1.22 bits per heavy atom. The van der Waals surface area contributed by atoms with Crippen LogP contribution in [0.2, 0.25) is 5.02 Å². The molecule has 3 rings (SSSR count). The van der Waals surface area contributed by atoms with Gasteiger partial charge in [-0.1, -0.05) is 11.6 Å². The van der Waals surface area contributed by atoms with Crippen LogP contribution in [0, 0.1) is 24.1 Å². The molecule has 6 nitrogen and oxygen atoms in total. The normalized spacial score (nSPS) is 13.0. The molecule has 1 aromatic heterocycles. The van der Waals surface area contributed by atoms with Crippen molar-refractivity contribution >= 4 is 17.3 Å². The number of hydrogen-bond acceptors (Lipinski definition) is 6. The van der Waals surface area contributed by atoms with Gasteiger partial charge in [0, 0.05) is 11.3 Å². The molecule has 2 unspecified atom stereocenters. The molecule has 0 radical (unpaired) electrons. The lowest BCUT2D eigenvalue weighted by Crippen LogP contribution is -2.23. The highest BCUT2D eigenvalue weighted by molar-refractivity contribution is 6.32. The molecule has 0 saturated carbocycles. The summed E-state index contributed by atoms with van der Waals surface area (Å²) in [4.78, 5) is 0. The maximum atomic E-state index is 13.1. The molecular formula is C19H16ClFN4O2. The first-order valence-electron chi connectivity index (χ1n) is 8.14. The Labute approximate surface area is 160 Å². The molecule has 0 aliphatic rings. The van der Waals surface area contributed by atoms with Crippen molar-refractivity contribution < 1.29 is 13.9 Å². The van der Waals surface area contributed by atoms with Crippen LogP contribution in [0.3, 0.4) is 0 Å². The van der Waals surface area contributed by atoms with E-state index in [0.717, 1.165) is 0 Å². The highest BCUT2D eigenvalue weighted by Gasteiger charge is 2.25. The summed E-state index contributed by atoms with van der Waals surface area (Å²) in [5.74, 6) is 0.0198. The number of hydrogen-bond donors (Lipinski definition) is 2. The van der Waals surface area contributed by atoms with Crippen molar-refractivity contribution in [3.05, 3.63) is 64.3 Å². The van der Waals surface area contributed by atoms with Crippen LogP contribution in [0.4, 0.5) is 10.1 Å². The maximum absolute atomic E-state index is 13.1. The van der Waals surface area contributed by atoms with Crippen LogP contribution in [0.25, 0.3) is 11.5 Å². The fraction of sp³-hybridized carbons (Fsp3) is 0.211. The van der Waals surface area contributed by atoms with E-state index < -0.39 is 12.1 Å². The molecule has 138 valence electrons. The molecule has 3 aromatic rings. The molecule has 2 aromatic carbocycles. The number of nitriles is 1. The van der Waals surface area contributed by atoms with E-state index in [1.807, 2.05) is 6.07 Å². The average Bonchev–Trinajstić information content (AvgIpc) is 3.13. The van der Waals surface area contributed by atoms with E-state index >= 15 is 0 Å². The van der Waals surface area contributed by atoms with Gasteiger partial charge in [-0.05, 0) is 55.8 Å². The second-order valence-electron chi connectivity index (χ2n) is 6.03. The largest absolute Gasteiger partial charge is 0.418 e. The third kappa shape index (κ3) is 3.92. The number of halogens is 2. The van der Waals surface area contributed by atoms with Crippen molar-refractivity contribution in [3.63, 3.8) is 0 Å². The quantitative estimate of drug-likeness (QED) is 0.680. The number of nitrogens with one attached hydrogen (secondary N) is 1. The van der Waals surface area contributed by atoms with Gasteiger partial charge in [0.15, 0.2) is 0 Å². The number of benzene rings is 2. The minimum atomic E-state index is -0.861. The lowest BCUT2D eigenvalue weighted by Gasteiger charge is -2.21. The summed E-state index contributed by atoms with van der Waals surface area (Å²) < 4.78 is 18.7. The lowest BCUT2D eigenvalue weighted by atomic mass is 10.1. The Hall–Kier alpha value is -2.95. The molecule has 1 heterocycles. The molecule has 2 atom stereocenters. The lowest BCUT2D eigenvalue weighted by molar-refractivity contribution is 0.159. The molecule has 0 bridgehead atoms. The zero-order valence-corrected chi connectivity index (χ0v) is 15.3. The molecule has 0 fully saturated rings. The molecule has 27 heavy (non-hydrogen) atoms. The molecule has 2 N–H and O–H groups in total. The fourth-order valence-electron chi connectivity index (χ4n) is 2.55. The molecule has 0 amide bonds. The zero-order chi connectivity index (χ0) is 19.6. The van der Waals surface area contributed by atoms with E-state index in [2.05, 4.69) is 15.5 Å². The first kappa shape index (κ1) is 18.8. The zero-order valence-electron chi connectivity index (χ0n) is 14.6. The predicted molar refractivity (Wildman–Crippen MR) is 98.6 cm³/mol. The first-order valence-corrected chi connectivity index (χ1v) is 8.51. The van der Waals surface area contributed by atoms with Crippen LogP contribution in [0.15, 0.2) is 40.8 Å². The predicted octanol–water partition coefficient (Wildman–Crippen LogP) is 4.24. The summed E-state index contributed by atoms with van der Waals surface area (Å²) >= 11 is 6.20. The van der Waals surface area contributed by atoms with Crippen molar-refractivity contribution in [2.24, 2.45) is 0 Å². The minimum absolute atomic E-state index is 0.171. The summed E-state index contributed by atoms with van der Waals surface area (Å²) in [6, 6.07) is 10.3. The van der Waals surface area contributed by atoms with Crippen LogP contribution < -0.4 is 5.32 Å². The Morgan fingerprint density at radius 3 is 2.56 bits per heavy atom. The Bertz CT molecular complexity index is 996. The molecule has 0 spiro atoms. The van der Waals surface area contributed by atoms with Gasteiger partial charge < -0.3 is 14.8 Å². The molecule has 0 aliphatic heterocycles. The Kier molecular flexibility index (Phi) is 5.40. The van der Waals surface area contributed by atoms with Gasteiger partial charge >= 0.3 is 0 Å². The summed E-state index contributed by atoms with van der Waals surface area (Å²) in [5, 5.41) is 30.7. The van der Waals surface area contributed by atoms with E-state index in [4.69, 9.17) is 21.3 Å². The number of aromatic nitrogens is 2. The highest BCUT2D eigenvalue weighted by Crippen LogP contribution is 2.31. The van der Waals surface area contributed by atoms with Gasteiger partial charge in [-0.3, -0.25) is 0 Å². The van der Waals surface area contributed by atoms with Crippen molar-refractivity contribution in [2.75, 3.05) is 5.32 Å². The van der Waals surface area contributed by atoms with Crippen LogP contribution in [0.1, 0.15) is 30.0 Å². The van der Waals surface area contributed by atoms with Gasteiger partial charge in [0.25, 0.3) is 0 Å². The number of nitrogens with zero attached hydrogens (tertiary/aromatic N) is 3. The highest BCUT2D eigenvalue weighted by atomic mass is 35.5. The van der Waals surface area contributed by atoms with Crippen molar-refractivity contribution in [1.82, 2.24) is 10.2 Å². The number of rotatable bonds is 5. The standard InChI is InChI=1S/C19H16ClFN4O2/c1-10-15(8-5-13(9-22)16(10)20)23-17(11(2)26)19-25-24-18(27-19)12-3-6-14(21)7-4-12/h3-8,11,17,23,26H,1-2H3. The smallest absolute Gasteiger partial charge is 0.247 e. The SMILES string of the molecule is Cc1c(NC(c2nnc(-c3ccc(F)cc3)o2)C(C)O)ccc(C#N)c1Cl. The molecule has 8 heteroatoms. The first-order chi connectivity index (χ1) is 12.9. The monoisotopic (exact) mass is 386 g/mol.